The Balaban J connectivity index is 1.33. The van der Waals surface area contributed by atoms with Gasteiger partial charge in [0.2, 0.25) is 5.91 Å². The maximum Gasteiger partial charge on any atom is 0.318 e. The fourth-order valence-corrected chi connectivity index (χ4v) is 4.24. The van der Waals surface area contributed by atoms with E-state index >= 15 is 0 Å². The Bertz CT molecular complexity index is 991. The van der Waals surface area contributed by atoms with Crippen LogP contribution in [0.15, 0.2) is 36.4 Å². The van der Waals surface area contributed by atoms with Gasteiger partial charge in [-0.15, -0.1) is 10.2 Å². The highest BCUT2D eigenvalue weighted by Gasteiger charge is 2.30. The average Bonchev–Trinajstić information content (AvgIpc) is 3.70. The largest absolute Gasteiger partial charge is 0.497 e. The number of methoxy groups -OCH3 is 1. The van der Waals surface area contributed by atoms with Crippen LogP contribution in [-0.4, -0.2) is 84.4 Å². The van der Waals surface area contributed by atoms with Crippen LogP contribution in [0.5, 0.6) is 5.75 Å². The lowest BCUT2D eigenvalue weighted by molar-refractivity contribution is -0.131. The first-order valence-electron chi connectivity index (χ1n) is 12.5. The van der Waals surface area contributed by atoms with Crippen LogP contribution in [0, 0.1) is 5.92 Å². The molecule has 1 saturated heterocycles. The third-order valence-corrected chi connectivity index (χ3v) is 6.41. The van der Waals surface area contributed by atoms with Crippen molar-refractivity contribution in [3.63, 3.8) is 0 Å². The molecule has 0 atom stereocenters. The van der Waals surface area contributed by atoms with Crippen LogP contribution < -0.4 is 15.0 Å². The van der Waals surface area contributed by atoms with Crippen molar-refractivity contribution in [3.8, 4) is 17.0 Å². The third kappa shape index (κ3) is 6.83. The summed E-state index contributed by atoms with van der Waals surface area (Å²) in [6.45, 7) is 7.42. The number of anilines is 1. The predicted octanol–water partition coefficient (Wildman–Crippen LogP) is 3.02. The van der Waals surface area contributed by atoms with Crippen LogP contribution in [0.25, 0.3) is 11.3 Å². The number of benzene rings is 1. The Morgan fingerprint density at radius 3 is 2.46 bits per heavy atom. The van der Waals surface area contributed by atoms with Gasteiger partial charge in [0, 0.05) is 44.3 Å². The number of rotatable bonds is 8. The number of carbonyl (C=O) groups excluding carboxylic acids is 2. The number of hydrogen-bond acceptors (Lipinski definition) is 6. The molecule has 35 heavy (non-hydrogen) atoms. The number of nitrogens with one attached hydrogen (secondary N) is 1. The second-order valence-electron chi connectivity index (χ2n) is 9.65. The van der Waals surface area contributed by atoms with Crippen molar-refractivity contribution >= 4 is 17.8 Å². The molecule has 1 aromatic heterocycles. The fraction of sp³-hybridized carbons (Fsp3) is 0.538. The maximum atomic E-state index is 13.1. The molecule has 4 rings (SSSR count). The molecule has 0 radical (unpaired) electrons. The number of nitrogens with zero attached hydrogens (tertiary/aromatic N) is 5. The first-order chi connectivity index (χ1) is 16.9. The van der Waals surface area contributed by atoms with Gasteiger partial charge in [-0.3, -0.25) is 4.79 Å². The molecule has 0 bridgehead atoms. The van der Waals surface area contributed by atoms with Crippen molar-refractivity contribution in [2.45, 2.75) is 39.2 Å². The SMILES string of the molecule is COc1ccc(-c2ccc(N3CCCN(C(=O)CN(CC4CC4)C(=O)NC(C)C)CC3)nn2)cc1. The molecule has 2 fully saturated rings. The third-order valence-electron chi connectivity index (χ3n) is 6.41. The first-order valence-corrected chi connectivity index (χ1v) is 12.5. The highest BCUT2D eigenvalue weighted by molar-refractivity contribution is 5.84. The zero-order valence-corrected chi connectivity index (χ0v) is 20.9. The second kappa shape index (κ2) is 11.4. The molecule has 1 saturated carbocycles. The summed E-state index contributed by atoms with van der Waals surface area (Å²) in [7, 11) is 1.65. The molecule has 9 heteroatoms. The molecule has 0 spiro atoms. The van der Waals surface area contributed by atoms with Gasteiger partial charge in [-0.1, -0.05) is 0 Å². The molecule has 1 aliphatic carbocycles. The quantitative estimate of drug-likeness (QED) is 0.625. The van der Waals surface area contributed by atoms with Crippen molar-refractivity contribution < 1.29 is 14.3 Å². The molecule has 2 heterocycles. The van der Waals surface area contributed by atoms with E-state index in [4.69, 9.17) is 4.74 Å². The van der Waals surface area contributed by atoms with Crippen LogP contribution >= 0.6 is 0 Å². The smallest absolute Gasteiger partial charge is 0.318 e. The van der Waals surface area contributed by atoms with Crippen molar-refractivity contribution in [1.29, 1.82) is 0 Å². The van der Waals surface area contributed by atoms with Crippen LogP contribution in [0.3, 0.4) is 0 Å². The number of urea groups is 1. The molecule has 1 aliphatic heterocycles. The number of hydrogen-bond donors (Lipinski definition) is 1. The fourth-order valence-electron chi connectivity index (χ4n) is 4.24. The lowest BCUT2D eigenvalue weighted by Gasteiger charge is -2.28. The van der Waals surface area contributed by atoms with Crippen LogP contribution in [0.4, 0.5) is 10.6 Å². The predicted molar refractivity (Wildman–Crippen MR) is 135 cm³/mol. The van der Waals surface area contributed by atoms with E-state index in [0.717, 1.165) is 48.6 Å². The summed E-state index contributed by atoms with van der Waals surface area (Å²) in [6, 6.07) is 11.6. The van der Waals surface area contributed by atoms with Gasteiger partial charge in [0.15, 0.2) is 5.82 Å². The van der Waals surface area contributed by atoms with Gasteiger partial charge in [-0.25, -0.2) is 4.79 Å². The molecule has 2 aliphatic rings. The average molecular weight is 481 g/mol. The normalized spacial score (nSPS) is 16.1. The topological polar surface area (TPSA) is 90.9 Å². The Labute approximate surface area is 207 Å². The van der Waals surface area contributed by atoms with Gasteiger partial charge in [0.25, 0.3) is 0 Å². The molecular formula is C26H36N6O3. The molecular weight excluding hydrogens is 444 g/mol. The molecule has 2 aromatic rings. The Morgan fingerprint density at radius 2 is 1.83 bits per heavy atom. The van der Waals surface area contributed by atoms with Gasteiger partial charge in [0.1, 0.15) is 12.3 Å². The van der Waals surface area contributed by atoms with Gasteiger partial charge in [-0.05, 0) is 75.4 Å². The minimum atomic E-state index is -0.149. The summed E-state index contributed by atoms with van der Waals surface area (Å²) in [6.07, 6.45) is 3.11. The minimum Gasteiger partial charge on any atom is -0.497 e. The minimum absolute atomic E-state index is 0.00680. The molecule has 3 amide bonds. The van der Waals surface area contributed by atoms with Crippen molar-refractivity contribution in [1.82, 2.24) is 25.3 Å². The summed E-state index contributed by atoms with van der Waals surface area (Å²) in [5.74, 6) is 2.15. The van der Waals surface area contributed by atoms with Crippen molar-refractivity contribution in [2.75, 3.05) is 51.3 Å². The van der Waals surface area contributed by atoms with Gasteiger partial charge in [-0.2, -0.15) is 0 Å². The molecule has 0 unspecified atom stereocenters. The second-order valence-corrected chi connectivity index (χ2v) is 9.65. The lowest BCUT2D eigenvalue weighted by atomic mass is 10.1. The summed E-state index contributed by atoms with van der Waals surface area (Å²) < 4.78 is 5.22. The number of amides is 3. The van der Waals surface area contributed by atoms with E-state index in [9.17, 15) is 9.59 Å². The molecule has 188 valence electrons. The number of carbonyl (C=O) groups is 2. The number of aromatic nitrogens is 2. The number of ether oxygens (including phenoxy) is 1. The highest BCUT2D eigenvalue weighted by atomic mass is 16.5. The van der Waals surface area contributed by atoms with E-state index < -0.39 is 0 Å². The van der Waals surface area contributed by atoms with Crippen LogP contribution in [0.2, 0.25) is 0 Å². The van der Waals surface area contributed by atoms with Gasteiger partial charge >= 0.3 is 6.03 Å². The standard InChI is InChI=1S/C26H36N6O3/c1-19(2)27-26(34)32(17-20-5-6-20)18-25(33)31-14-4-13-30(15-16-31)24-12-11-23(28-29-24)21-7-9-22(35-3)10-8-21/h7-12,19-20H,4-6,13-18H2,1-3H3,(H,27,34). The van der Waals surface area contributed by atoms with E-state index in [1.807, 2.05) is 55.1 Å². The van der Waals surface area contributed by atoms with E-state index in [2.05, 4.69) is 20.4 Å². The summed E-state index contributed by atoms with van der Waals surface area (Å²) in [5, 5.41) is 11.8. The van der Waals surface area contributed by atoms with E-state index in [0.29, 0.717) is 32.1 Å². The Kier molecular flexibility index (Phi) is 8.05. The van der Waals surface area contributed by atoms with Crippen LogP contribution in [0.1, 0.15) is 33.1 Å². The molecule has 9 nitrogen and oxygen atoms in total. The first kappa shape index (κ1) is 24.8. The summed E-state index contributed by atoms with van der Waals surface area (Å²) in [4.78, 5) is 31.4. The van der Waals surface area contributed by atoms with E-state index in [1.54, 1.807) is 12.0 Å². The van der Waals surface area contributed by atoms with Gasteiger partial charge < -0.3 is 24.8 Å². The van der Waals surface area contributed by atoms with E-state index in [-0.39, 0.29) is 24.5 Å². The van der Waals surface area contributed by atoms with Gasteiger partial charge in [0.05, 0.1) is 12.8 Å². The van der Waals surface area contributed by atoms with Crippen molar-refractivity contribution in [2.24, 2.45) is 5.92 Å². The zero-order chi connectivity index (χ0) is 24.8. The van der Waals surface area contributed by atoms with Crippen LogP contribution in [-0.2, 0) is 4.79 Å². The highest BCUT2D eigenvalue weighted by Crippen LogP contribution is 2.29. The Morgan fingerprint density at radius 1 is 1.06 bits per heavy atom. The summed E-state index contributed by atoms with van der Waals surface area (Å²) in [5.41, 5.74) is 1.79. The van der Waals surface area contributed by atoms with Crippen molar-refractivity contribution in [3.05, 3.63) is 36.4 Å². The van der Waals surface area contributed by atoms with E-state index in [1.165, 1.54) is 0 Å². The summed E-state index contributed by atoms with van der Waals surface area (Å²) >= 11 is 0. The molecule has 1 aromatic carbocycles. The lowest BCUT2D eigenvalue weighted by Crippen LogP contribution is -2.49. The Hall–Kier alpha value is -3.36. The monoisotopic (exact) mass is 480 g/mol. The maximum absolute atomic E-state index is 13.1. The zero-order valence-electron chi connectivity index (χ0n) is 20.9. The molecule has 1 N–H and O–H groups in total.